The molecule has 5 heteroatoms. The minimum Gasteiger partial charge on any atom is -0.339 e. The van der Waals surface area contributed by atoms with Gasteiger partial charge >= 0.3 is 6.03 Å². The van der Waals surface area contributed by atoms with Crippen LogP contribution in [0.2, 0.25) is 0 Å². The fraction of sp³-hybridized carbons (Fsp3) is 0.600. The molecule has 3 amide bonds. The van der Waals surface area contributed by atoms with E-state index in [0.29, 0.717) is 44.6 Å². The minimum atomic E-state index is 0.00197. The number of hydrogen-bond donors (Lipinski definition) is 1. The summed E-state index contributed by atoms with van der Waals surface area (Å²) in [5.41, 5.74) is 1.33. The van der Waals surface area contributed by atoms with Crippen LogP contribution in [0.25, 0.3) is 0 Å². The Kier molecular flexibility index (Phi) is 5.95. The number of urea groups is 1. The number of benzene rings is 1. The van der Waals surface area contributed by atoms with Gasteiger partial charge in [-0.3, -0.25) is 4.79 Å². The summed E-state index contributed by atoms with van der Waals surface area (Å²) in [4.78, 5) is 27.6. The Hall–Kier alpha value is -2.04. The van der Waals surface area contributed by atoms with Gasteiger partial charge in [-0.05, 0) is 24.3 Å². The second-order valence-electron chi connectivity index (χ2n) is 7.24. The molecular weight excluding hydrogens is 314 g/mol. The highest BCUT2D eigenvalue weighted by atomic mass is 16.2. The Morgan fingerprint density at radius 2 is 1.64 bits per heavy atom. The summed E-state index contributed by atoms with van der Waals surface area (Å²) >= 11 is 0. The lowest BCUT2D eigenvalue weighted by Crippen LogP contribution is -2.53. The van der Waals surface area contributed by atoms with Crippen molar-refractivity contribution in [2.24, 2.45) is 5.92 Å². The first kappa shape index (κ1) is 17.8. The zero-order chi connectivity index (χ0) is 17.6. The minimum absolute atomic E-state index is 0.00197. The number of piperazine rings is 1. The Balaban J connectivity index is 1.56. The Labute approximate surface area is 150 Å². The van der Waals surface area contributed by atoms with E-state index in [9.17, 15) is 9.59 Å². The summed E-state index contributed by atoms with van der Waals surface area (Å²) in [6.07, 6.45) is 5.11. The van der Waals surface area contributed by atoms with Gasteiger partial charge in [-0.25, -0.2) is 4.79 Å². The predicted molar refractivity (Wildman–Crippen MR) is 98.4 cm³/mol. The molecule has 2 fully saturated rings. The van der Waals surface area contributed by atoms with Gasteiger partial charge in [0, 0.05) is 45.6 Å². The van der Waals surface area contributed by atoms with Crippen LogP contribution in [0.1, 0.15) is 44.1 Å². The Morgan fingerprint density at radius 1 is 1.04 bits per heavy atom. The monoisotopic (exact) mass is 343 g/mol. The SMILES string of the molecule is CC(=O)N1CCN(C(=O)NC[C@H](c2ccccc2)C2CCCC2)CC1. The Bertz CT molecular complexity index is 576. The van der Waals surface area contributed by atoms with E-state index in [2.05, 4.69) is 29.6 Å². The van der Waals surface area contributed by atoms with Crippen molar-refractivity contribution in [3.8, 4) is 0 Å². The average molecular weight is 343 g/mol. The van der Waals surface area contributed by atoms with Gasteiger partial charge in [0.2, 0.25) is 5.91 Å². The van der Waals surface area contributed by atoms with Crippen LogP contribution < -0.4 is 5.32 Å². The van der Waals surface area contributed by atoms with Gasteiger partial charge in [0.05, 0.1) is 0 Å². The van der Waals surface area contributed by atoms with E-state index in [1.807, 2.05) is 11.0 Å². The lowest BCUT2D eigenvalue weighted by molar-refractivity contribution is -0.130. The number of carbonyl (C=O) groups is 2. The molecule has 1 aromatic carbocycles. The molecule has 0 unspecified atom stereocenters. The molecule has 2 aliphatic rings. The van der Waals surface area contributed by atoms with Crippen molar-refractivity contribution < 1.29 is 9.59 Å². The maximum atomic E-state index is 12.5. The lowest BCUT2D eigenvalue weighted by Gasteiger charge is -2.34. The second-order valence-corrected chi connectivity index (χ2v) is 7.24. The molecule has 1 heterocycles. The average Bonchev–Trinajstić information content (AvgIpc) is 3.17. The van der Waals surface area contributed by atoms with E-state index in [-0.39, 0.29) is 11.9 Å². The third-order valence-electron chi connectivity index (χ3n) is 5.68. The zero-order valence-electron chi connectivity index (χ0n) is 15.1. The summed E-state index contributed by atoms with van der Waals surface area (Å²) in [6, 6.07) is 10.6. The van der Waals surface area contributed by atoms with Gasteiger partial charge in [-0.1, -0.05) is 43.2 Å². The van der Waals surface area contributed by atoms with Crippen LogP contribution in [-0.4, -0.2) is 54.5 Å². The highest BCUT2D eigenvalue weighted by Crippen LogP contribution is 2.36. The lowest BCUT2D eigenvalue weighted by atomic mass is 9.85. The summed E-state index contributed by atoms with van der Waals surface area (Å²) in [6.45, 7) is 4.78. The summed E-state index contributed by atoms with van der Waals surface area (Å²) in [5.74, 6) is 1.15. The molecule has 0 radical (unpaired) electrons. The van der Waals surface area contributed by atoms with Gasteiger partial charge in [0.25, 0.3) is 0 Å². The number of rotatable bonds is 4. The van der Waals surface area contributed by atoms with Crippen molar-refractivity contribution in [3.63, 3.8) is 0 Å². The van der Waals surface area contributed by atoms with E-state index in [0.717, 1.165) is 0 Å². The van der Waals surface area contributed by atoms with Crippen molar-refractivity contribution in [2.45, 2.75) is 38.5 Å². The van der Waals surface area contributed by atoms with Crippen molar-refractivity contribution in [1.82, 2.24) is 15.1 Å². The number of hydrogen-bond acceptors (Lipinski definition) is 2. The molecule has 1 N–H and O–H groups in total. The van der Waals surface area contributed by atoms with Crippen molar-refractivity contribution >= 4 is 11.9 Å². The van der Waals surface area contributed by atoms with Crippen molar-refractivity contribution in [2.75, 3.05) is 32.7 Å². The maximum Gasteiger partial charge on any atom is 0.317 e. The van der Waals surface area contributed by atoms with Gasteiger partial charge in [-0.2, -0.15) is 0 Å². The number of nitrogens with zero attached hydrogens (tertiary/aromatic N) is 2. The van der Waals surface area contributed by atoms with Crippen LogP contribution in [0.15, 0.2) is 30.3 Å². The number of carbonyl (C=O) groups excluding carboxylic acids is 2. The molecule has 1 saturated heterocycles. The van der Waals surface area contributed by atoms with Crippen LogP contribution >= 0.6 is 0 Å². The molecule has 1 atom stereocenters. The summed E-state index contributed by atoms with van der Waals surface area (Å²) in [5, 5.41) is 3.16. The van der Waals surface area contributed by atoms with Crippen LogP contribution in [0.3, 0.4) is 0 Å². The first-order valence-corrected chi connectivity index (χ1v) is 9.48. The first-order chi connectivity index (χ1) is 12.1. The number of amides is 3. The molecule has 0 bridgehead atoms. The largest absolute Gasteiger partial charge is 0.339 e. The Morgan fingerprint density at radius 3 is 2.24 bits per heavy atom. The van der Waals surface area contributed by atoms with Gasteiger partial charge < -0.3 is 15.1 Å². The summed E-state index contributed by atoms with van der Waals surface area (Å²) < 4.78 is 0. The molecule has 0 aromatic heterocycles. The molecule has 25 heavy (non-hydrogen) atoms. The fourth-order valence-electron chi connectivity index (χ4n) is 4.15. The van der Waals surface area contributed by atoms with Crippen molar-refractivity contribution in [1.29, 1.82) is 0 Å². The maximum absolute atomic E-state index is 12.5. The zero-order valence-corrected chi connectivity index (χ0v) is 15.1. The third-order valence-corrected chi connectivity index (χ3v) is 5.68. The topological polar surface area (TPSA) is 52.7 Å². The molecule has 0 spiro atoms. The van der Waals surface area contributed by atoms with Crippen LogP contribution in [0.4, 0.5) is 4.79 Å². The van der Waals surface area contributed by atoms with Gasteiger partial charge in [-0.15, -0.1) is 0 Å². The number of nitrogens with one attached hydrogen (secondary N) is 1. The second kappa shape index (κ2) is 8.37. The van der Waals surface area contributed by atoms with Gasteiger partial charge in [0.15, 0.2) is 0 Å². The molecule has 1 aromatic rings. The highest BCUT2D eigenvalue weighted by Gasteiger charge is 2.28. The molecule has 136 valence electrons. The van der Waals surface area contributed by atoms with E-state index < -0.39 is 0 Å². The first-order valence-electron chi connectivity index (χ1n) is 9.48. The third kappa shape index (κ3) is 4.53. The van der Waals surface area contributed by atoms with Crippen molar-refractivity contribution in [3.05, 3.63) is 35.9 Å². The van der Waals surface area contributed by atoms with Crippen LogP contribution in [-0.2, 0) is 4.79 Å². The normalized spacial score (nSPS) is 19.7. The molecule has 5 nitrogen and oxygen atoms in total. The molecule has 1 saturated carbocycles. The van der Waals surface area contributed by atoms with Crippen LogP contribution in [0.5, 0.6) is 0 Å². The summed E-state index contributed by atoms with van der Waals surface area (Å²) in [7, 11) is 0. The predicted octanol–water partition coefficient (Wildman–Crippen LogP) is 2.83. The van der Waals surface area contributed by atoms with E-state index in [1.165, 1.54) is 31.2 Å². The van der Waals surface area contributed by atoms with E-state index in [1.54, 1.807) is 11.8 Å². The van der Waals surface area contributed by atoms with Gasteiger partial charge in [0.1, 0.15) is 0 Å². The quantitative estimate of drug-likeness (QED) is 0.914. The fourth-order valence-corrected chi connectivity index (χ4v) is 4.15. The smallest absolute Gasteiger partial charge is 0.317 e. The molecular formula is C20H29N3O2. The van der Waals surface area contributed by atoms with Crippen LogP contribution in [0, 0.1) is 5.92 Å². The molecule has 1 aliphatic heterocycles. The van der Waals surface area contributed by atoms with E-state index in [4.69, 9.17) is 0 Å². The van der Waals surface area contributed by atoms with E-state index >= 15 is 0 Å². The standard InChI is InChI=1S/C20H29N3O2/c1-16(24)22-11-13-23(14-12-22)20(25)21-15-19(18-9-5-6-10-18)17-7-3-2-4-8-17/h2-4,7-8,18-19H,5-6,9-15H2,1H3,(H,21,25)/t19-/m1/s1. The molecule has 3 rings (SSSR count). The molecule has 1 aliphatic carbocycles. The highest BCUT2D eigenvalue weighted by molar-refractivity contribution is 5.76.